The molecule has 1 aromatic rings. The fourth-order valence-electron chi connectivity index (χ4n) is 2.25. The van der Waals surface area contributed by atoms with Crippen LogP contribution in [-0.4, -0.2) is 42.6 Å². The number of carbonyl (C=O) groups excluding carboxylic acids is 1. The second-order valence-electron chi connectivity index (χ2n) is 5.10. The number of nitrogens with zero attached hydrogens (tertiary/aromatic N) is 2. The Labute approximate surface area is 119 Å². The van der Waals surface area contributed by atoms with Gasteiger partial charge in [0, 0.05) is 26.6 Å². The van der Waals surface area contributed by atoms with E-state index in [1.54, 1.807) is 24.1 Å². The van der Waals surface area contributed by atoms with Gasteiger partial charge in [0.05, 0.1) is 12.6 Å². The van der Waals surface area contributed by atoms with Crippen molar-refractivity contribution in [2.45, 2.75) is 25.8 Å². The first-order valence-corrected chi connectivity index (χ1v) is 6.97. The van der Waals surface area contributed by atoms with E-state index in [1.807, 2.05) is 12.0 Å². The van der Waals surface area contributed by atoms with E-state index in [1.165, 1.54) is 12.1 Å². The van der Waals surface area contributed by atoms with Crippen LogP contribution in [0.15, 0.2) is 24.3 Å². The molecular formula is C15H21FN2O2. The van der Waals surface area contributed by atoms with Crippen molar-refractivity contribution in [2.75, 3.05) is 26.7 Å². The Kier molecular flexibility index (Phi) is 5.09. The zero-order valence-electron chi connectivity index (χ0n) is 12.0. The number of halogens is 1. The van der Waals surface area contributed by atoms with Crippen LogP contribution in [0.2, 0.25) is 0 Å². The molecule has 1 amide bonds. The van der Waals surface area contributed by atoms with Gasteiger partial charge in [-0.15, -0.1) is 0 Å². The Morgan fingerprint density at radius 1 is 1.45 bits per heavy atom. The van der Waals surface area contributed by atoms with E-state index in [2.05, 4.69) is 0 Å². The lowest BCUT2D eigenvalue weighted by molar-refractivity contribution is -0.139. The second kappa shape index (κ2) is 6.81. The molecule has 110 valence electrons. The van der Waals surface area contributed by atoms with Gasteiger partial charge in [-0.2, -0.15) is 5.06 Å². The number of hydrogen-bond acceptors (Lipinski definition) is 3. The molecule has 1 aromatic carbocycles. The summed E-state index contributed by atoms with van der Waals surface area (Å²) >= 11 is 0. The monoisotopic (exact) mass is 280 g/mol. The van der Waals surface area contributed by atoms with Gasteiger partial charge in [-0.05, 0) is 31.0 Å². The molecule has 1 saturated heterocycles. The molecule has 0 spiro atoms. The van der Waals surface area contributed by atoms with E-state index >= 15 is 0 Å². The molecular weight excluding hydrogens is 259 g/mol. The third-order valence-electron chi connectivity index (χ3n) is 3.73. The van der Waals surface area contributed by atoms with Crippen LogP contribution < -0.4 is 0 Å². The van der Waals surface area contributed by atoms with Crippen molar-refractivity contribution in [1.29, 1.82) is 0 Å². The van der Waals surface area contributed by atoms with E-state index < -0.39 is 0 Å². The molecule has 2 rings (SSSR count). The Bertz CT molecular complexity index is 444. The van der Waals surface area contributed by atoms with Crippen LogP contribution in [0.25, 0.3) is 0 Å². The lowest BCUT2D eigenvalue weighted by Crippen LogP contribution is -2.32. The summed E-state index contributed by atoms with van der Waals surface area (Å²) in [4.78, 5) is 19.2. The summed E-state index contributed by atoms with van der Waals surface area (Å²) in [5, 5.41) is 1.84. The molecule has 0 bridgehead atoms. The van der Waals surface area contributed by atoms with Gasteiger partial charge in [-0.1, -0.05) is 12.1 Å². The largest absolute Gasteiger partial charge is 0.339 e. The predicted molar refractivity (Wildman–Crippen MR) is 74.3 cm³/mol. The first kappa shape index (κ1) is 14.9. The van der Waals surface area contributed by atoms with Crippen LogP contribution in [0.3, 0.4) is 0 Å². The number of carbonyl (C=O) groups is 1. The quantitative estimate of drug-likeness (QED) is 0.830. The van der Waals surface area contributed by atoms with Gasteiger partial charge in [-0.25, -0.2) is 4.39 Å². The highest BCUT2D eigenvalue weighted by Gasteiger charge is 2.19. The molecule has 20 heavy (non-hydrogen) atoms. The average molecular weight is 280 g/mol. The minimum Gasteiger partial charge on any atom is -0.339 e. The van der Waals surface area contributed by atoms with Crippen LogP contribution in [0.4, 0.5) is 4.39 Å². The highest BCUT2D eigenvalue weighted by atomic mass is 19.1. The summed E-state index contributed by atoms with van der Waals surface area (Å²) in [7, 11) is 1.78. The van der Waals surface area contributed by atoms with Crippen molar-refractivity contribution in [3.05, 3.63) is 35.6 Å². The van der Waals surface area contributed by atoms with Gasteiger partial charge in [0.2, 0.25) is 5.91 Å². The third-order valence-corrected chi connectivity index (χ3v) is 3.73. The lowest BCUT2D eigenvalue weighted by Gasteiger charge is -2.26. The molecule has 0 radical (unpaired) electrons. The van der Waals surface area contributed by atoms with Crippen LogP contribution >= 0.6 is 0 Å². The van der Waals surface area contributed by atoms with Gasteiger partial charge in [0.15, 0.2) is 0 Å². The Morgan fingerprint density at radius 2 is 2.15 bits per heavy atom. The average Bonchev–Trinajstić information content (AvgIpc) is 2.97. The molecule has 5 heteroatoms. The lowest BCUT2D eigenvalue weighted by atomic mass is 10.1. The summed E-state index contributed by atoms with van der Waals surface area (Å²) in [5.41, 5.74) is 0.930. The highest BCUT2D eigenvalue weighted by Crippen LogP contribution is 2.20. The van der Waals surface area contributed by atoms with Crippen LogP contribution in [-0.2, 0) is 9.63 Å². The topological polar surface area (TPSA) is 32.8 Å². The molecule has 1 heterocycles. The minimum atomic E-state index is -0.263. The van der Waals surface area contributed by atoms with Gasteiger partial charge >= 0.3 is 0 Å². The molecule has 4 nitrogen and oxygen atoms in total. The second-order valence-corrected chi connectivity index (χ2v) is 5.10. The van der Waals surface area contributed by atoms with E-state index in [-0.39, 0.29) is 17.8 Å². The molecule has 0 aromatic heterocycles. The van der Waals surface area contributed by atoms with Crippen molar-refractivity contribution in [2.24, 2.45) is 0 Å². The van der Waals surface area contributed by atoms with Crippen LogP contribution in [0.1, 0.15) is 31.4 Å². The maximum atomic E-state index is 12.9. The van der Waals surface area contributed by atoms with E-state index in [9.17, 15) is 9.18 Å². The van der Waals surface area contributed by atoms with Gasteiger partial charge in [0.25, 0.3) is 0 Å². The standard InChI is InChI=1S/C15H21FN2O2/c1-12(13-4-6-14(16)7-5-13)17(2)15(19)8-10-18-9-3-11-20-18/h4-7,12H,3,8-11H2,1-2H3/t12-/m1/s1. The number of hydrogen-bond donors (Lipinski definition) is 0. The summed E-state index contributed by atoms with van der Waals surface area (Å²) in [6.45, 7) is 4.21. The number of rotatable bonds is 5. The van der Waals surface area contributed by atoms with Crippen molar-refractivity contribution in [1.82, 2.24) is 9.96 Å². The van der Waals surface area contributed by atoms with Crippen molar-refractivity contribution < 1.29 is 14.0 Å². The van der Waals surface area contributed by atoms with Gasteiger partial charge in [-0.3, -0.25) is 9.63 Å². The number of amides is 1. The van der Waals surface area contributed by atoms with Gasteiger partial charge < -0.3 is 4.90 Å². The fraction of sp³-hybridized carbons (Fsp3) is 0.533. The van der Waals surface area contributed by atoms with Gasteiger partial charge in [0.1, 0.15) is 5.82 Å². The predicted octanol–water partition coefficient (Wildman–Crippen LogP) is 2.37. The van der Waals surface area contributed by atoms with Crippen molar-refractivity contribution in [3.63, 3.8) is 0 Å². The molecule has 1 fully saturated rings. The highest BCUT2D eigenvalue weighted by molar-refractivity contribution is 5.76. The first-order chi connectivity index (χ1) is 9.58. The molecule has 0 N–H and O–H groups in total. The summed E-state index contributed by atoms with van der Waals surface area (Å²) < 4.78 is 12.9. The van der Waals surface area contributed by atoms with E-state index in [0.717, 1.165) is 25.1 Å². The summed E-state index contributed by atoms with van der Waals surface area (Å²) in [5.74, 6) is -0.196. The van der Waals surface area contributed by atoms with E-state index in [4.69, 9.17) is 4.84 Å². The molecule has 0 aliphatic carbocycles. The Hall–Kier alpha value is -1.46. The maximum Gasteiger partial charge on any atom is 0.224 e. The fourth-order valence-corrected chi connectivity index (χ4v) is 2.25. The Morgan fingerprint density at radius 3 is 2.75 bits per heavy atom. The third kappa shape index (κ3) is 3.77. The number of hydroxylamine groups is 2. The normalized spacial score (nSPS) is 17.1. The zero-order valence-corrected chi connectivity index (χ0v) is 12.0. The van der Waals surface area contributed by atoms with Crippen LogP contribution in [0, 0.1) is 5.82 Å². The molecule has 1 atom stereocenters. The van der Waals surface area contributed by atoms with Crippen molar-refractivity contribution in [3.8, 4) is 0 Å². The number of benzene rings is 1. The molecule has 0 unspecified atom stereocenters. The molecule has 1 aliphatic heterocycles. The first-order valence-electron chi connectivity index (χ1n) is 6.97. The molecule has 0 saturated carbocycles. The summed E-state index contributed by atoms with van der Waals surface area (Å²) in [6.07, 6.45) is 1.46. The maximum absolute atomic E-state index is 12.9. The van der Waals surface area contributed by atoms with Crippen molar-refractivity contribution >= 4 is 5.91 Å². The SMILES string of the molecule is C[C@H](c1ccc(F)cc1)N(C)C(=O)CCN1CCCO1. The van der Waals surface area contributed by atoms with E-state index in [0.29, 0.717) is 13.0 Å². The Balaban J connectivity index is 1.86. The smallest absolute Gasteiger partial charge is 0.224 e. The minimum absolute atomic E-state index is 0.0670. The van der Waals surface area contributed by atoms with Crippen LogP contribution in [0.5, 0.6) is 0 Å². The summed E-state index contributed by atoms with van der Waals surface area (Å²) in [6, 6.07) is 6.20. The molecule has 1 aliphatic rings. The zero-order chi connectivity index (χ0) is 14.5.